The number of nitrogens with zero attached hydrogens (tertiary/aromatic N) is 3. The van der Waals surface area contributed by atoms with E-state index in [9.17, 15) is 14.0 Å². The Bertz CT molecular complexity index is 848. The van der Waals surface area contributed by atoms with Gasteiger partial charge in [0.05, 0.1) is 18.2 Å². The fourth-order valence-electron chi connectivity index (χ4n) is 4.21. The summed E-state index contributed by atoms with van der Waals surface area (Å²) in [7, 11) is 0. The Balaban J connectivity index is 1.28. The van der Waals surface area contributed by atoms with Crippen LogP contribution in [0.25, 0.3) is 0 Å². The Morgan fingerprint density at radius 3 is 2.28 bits per heavy atom. The Morgan fingerprint density at radius 1 is 0.897 bits per heavy atom. The van der Waals surface area contributed by atoms with Crippen LogP contribution in [0.1, 0.15) is 18.4 Å². The maximum atomic E-state index is 13.2. The average Bonchev–Trinajstić information content (AvgIpc) is 3.04. The van der Waals surface area contributed by atoms with Crippen LogP contribution in [0.15, 0.2) is 54.6 Å². The van der Waals surface area contributed by atoms with E-state index in [4.69, 9.17) is 0 Å². The first-order chi connectivity index (χ1) is 14.1. The molecule has 2 amide bonds. The van der Waals surface area contributed by atoms with Gasteiger partial charge in [-0.05, 0) is 49.2 Å². The molecule has 0 radical (unpaired) electrons. The predicted octanol–water partition coefficient (Wildman–Crippen LogP) is 2.71. The van der Waals surface area contributed by atoms with Crippen LogP contribution in [-0.4, -0.2) is 60.4 Å². The third-order valence-electron chi connectivity index (χ3n) is 5.84. The van der Waals surface area contributed by atoms with E-state index in [1.807, 2.05) is 6.07 Å². The standard InChI is InChI=1S/C23H26FN3O2/c24-19-8-10-20(11-9-19)27-22(28)17-21(23(27)29)26-15-13-25(14-16-26)12-4-7-18-5-2-1-3-6-18/h1-3,5-6,8-11,21H,4,7,12-17H2/t21-/m1/s1. The van der Waals surface area contributed by atoms with Crippen molar-refractivity contribution in [3.63, 3.8) is 0 Å². The van der Waals surface area contributed by atoms with Crippen molar-refractivity contribution in [3.05, 3.63) is 66.0 Å². The van der Waals surface area contributed by atoms with Crippen molar-refractivity contribution in [2.75, 3.05) is 37.6 Å². The summed E-state index contributed by atoms with van der Waals surface area (Å²) in [4.78, 5) is 31.1. The molecule has 2 heterocycles. The van der Waals surface area contributed by atoms with Gasteiger partial charge in [0.2, 0.25) is 5.91 Å². The summed E-state index contributed by atoms with van der Waals surface area (Å²) in [6, 6.07) is 15.6. The second-order valence-corrected chi connectivity index (χ2v) is 7.73. The highest BCUT2D eigenvalue weighted by molar-refractivity contribution is 6.22. The van der Waals surface area contributed by atoms with E-state index < -0.39 is 6.04 Å². The molecule has 29 heavy (non-hydrogen) atoms. The normalized spacial score (nSPS) is 21.1. The second kappa shape index (κ2) is 8.84. The van der Waals surface area contributed by atoms with E-state index in [0.29, 0.717) is 5.69 Å². The van der Waals surface area contributed by atoms with Crippen LogP contribution in [0.3, 0.4) is 0 Å². The van der Waals surface area contributed by atoms with E-state index in [1.54, 1.807) is 0 Å². The van der Waals surface area contributed by atoms with Gasteiger partial charge in [0, 0.05) is 26.2 Å². The third-order valence-corrected chi connectivity index (χ3v) is 5.84. The molecule has 5 nitrogen and oxygen atoms in total. The molecule has 1 atom stereocenters. The average molecular weight is 395 g/mol. The minimum absolute atomic E-state index is 0.195. The number of hydrogen-bond donors (Lipinski definition) is 0. The molecule has 0 spiro atoms. The summed E-state index contributed by atoms with van der Waals surface area (Å²) in [6.45, 7) is 4.42. The molecule has 0 saturated carbocycles. The minimum Gasteiger partial charge on any atom is -0.301 e. The van der Waals surface area contributed by atoms with E-state index in [-0.39, 0.29) is 24.1 Å². The van der Waals surface area contributed by atoms with Crippen molar-refractivity contribution in [2.24, 2.45) is 0 Å². The quantitative estimate of drug-likeness (QED) is 0.706. The number of hydrogen-bond acceptors (Lipinski definition) is 4. The molecule has 4 rings (SSSR count). The van der Waals surface area contributed by atoms with Gasteiger partial charge in [0.1, 0.15) is 5.82 Å². The zero-order chi connectivity index (χ0) is 20.2. The maximum Gasteiger partial charge on any atom is 0.251 e. The molecule has 2 aromatic rings. The second-order valence-electron chi connectivity index (χ2n) is 7.73. The van der Waals surface area contributed by atoms with Crippen molar-refractivity contribution < 1.29 is 14.0 Å². The number of halogens is 1. The highest BCUT2D eigenvalue weighted by atomic mass is 19.1. The number of benzene rings is 2. The molecule has 0 unspecified atom stereocenters. The Labute approximate surface area is 170 Å². The maximum absolute atomic E-state index is 13.2. The van der Waals surface area contributed by atoms with Crippen molar-refractivity contribution in [1.82, 2.24) is 9.80 Å². The summed E-state index contributed by atoms with van der Waals surface area (Å²) in [5, 5.41) is 0. The highest BCUT2D eigenvalue weighted by Gasteiger charge is 2.43. The van der Waals surface area contributed by atoms with Gasteiger partial charge in [-0.3, -0.25) is 14.5 Å². The first kappa shape index (κ1) is 19.7. The van der Waals surface area contributed by atoms with Gasteiger partial charge in [-0.25, -0.2) is 9.29 Å². The lowest BCUT2D eigenvalue weighted by molar-refractivity contribution is -0.123. The number of amides is 2. The number of piperazine rings is 1. The van der Waals surface area contributed by atoms with E-state index in [0.717, 1.165) is 45.6 Å². The van der Waals surface area contributed by atoms with Gasteiger partial charge in [0.15, 0.2) is 0 Å². The van der Waals surface area contributed by atoms with E-state index in [2.05, 4.69) is 34.1 Å². The molecule has 0 bridgehead atoms. The molecule has 2 fully saturated rings. The third kappa shape index (κ3) is 4.54. The van der Waals surface area contributed by atoms with Gasteiger partial charge in [0.25, 0.3) is 5.91 Å². The lowest BCUT2D eigenvalue weighted by Gasteiger charge is -2.37. The lowest BCUT2D eigenvalue weighted by Crippen LogP contribution is -2.52. The first-order valence-electron chi connectivity index (χ1n) is 10.2. The number of aryl methyl sites for hydroxylation is 1. The Morgan fingerprint density at radius 2 is 1.59 bits per heavy atom. The SMILES string of the molecule is O=C1C[C@@H](N2CCN(CCCc3ccccc3)CC2)C(=O)N1c1ccc(F)cc1. The minimum atomic E-state index is -0.404. The summed E-state index contributed by atoms with van der Waals surface area (Å²) < 4.78 is 13.2. The summed E-state index contributed by atoms with van der Waals surface area (Å²) >= 11 is 0. The number of carbonyl (C=O) groups is 2. The zero-order valence-corrected chi connectivity index (χ0v) is 16.5. The van der Waals surface area contributed by atoms with Gasteiger partial charge >= 0.3 is 0 Å². The molecular weight excluding hydrogens is 369 g/mol. The molecule has 0 N–H and O–H groups in total. The van der Waals surface area contributed by atoms with Crippen LogP contribution in [0.4, 0.5) is 10.1 Å². The van der Waals surface area contributed by atoms with Gasteiger partial charge in [-0.15, -0.1) is 0 Å². The van der Waals surface area contributed by atoms with E-state index in [1.165, 1.54) is 34.7 Å². The van der Waals surface area contributed by atoms with Crippen molar-refractivity contribution >= 4 is 17.5 Å². The molecule has 2 aliphatic rings. The molecule has 0 aromatic heterocycles. The van der Waals surface area contributed by atoms with Gasteiger partial charge in [-0.2, -0.15) is 0 Å². The number of rotatable bonds is 6. The molecular formula is C23H26FN3O2. The summed E-state index contributed by atoms with van der Waals surface area (Å²) in [5.74, 6) is -0.788. The summed E-state index contributed by atoms with van der Waals surface area (Å²) in [5.41, 5.74) is 1.81. The molecule has 152 valence electrons. The molecule has 2 aliphatic heterocycles. The number of anilines is 1. The van der Waals surface area contributed by atoms with Gasteiger partial charge < -0.3 is 4.90 Å². The molecule has 2 saturated heterocycles. The Kier molecular flexibility index (Phi) is 6.02. The van der Waals surface area contributed by atoms with Crippen LogP contribution < -0.4 is 4.90 Å². The van der Waals surface area contributed by atoms with Crippen LogP contribution in [0.5, 0.6) is 0 Å². The topological polar surface area (TPSA) is 43.9 Å². The van der Waals surface area contributed by atoms with Crippen molar-refractivity contribution in [2.45, 2.75) is 25.3 Å². The smallest absolute Gasteiger partial charge is 0.251 e. The highest BCUT2D eigenvalue weighted by Crippen LogP contribution is 2.26. The molecule has 0 aliphatic carbocycles. The van der Waals surface area contributed by atoms with Crippen LogP contribution in [-0.2, 0) is 16.0 Å². The van der Waals surface area contributed by atoms with E-state index >= 15 is 0 Å². The fourth-order valence-corrected chi connectivity index (χ4v) is 4.21. The largest absolute Gasteiger partial charge is 0.301 e. The van der Waals surface area contributed by atoms with Crippen LogP contribution in [0.2, 0.25) is 0 Å². The number of carbonyl (C=O) groups excluding carboxylic acids is 2. The van der Waals surface area contributed by atoms with Crippen LogP contribution >= 0.6 is 0 Å². The molecule has 2 aromatic carbocycles. The number of imide groups is 1. The predicted molar refractivity (Wildman–Crippen MR) is 110 cm³/mol. The van der Waals surface area contributed by atoms with Crippen LogP contribution in [0, 0.1) is 5.82 Å². The first-order valence-corrected chi connectivity index (χ1v) is 10.2. The van der Waals surface area contributed by atoms with Gasteiger partial charge in [-0.1, -0.05) is 30.3 Å². The van der Waals surface area contributed by atoms with Crippen molar-refractivity contribution in [3.8, 4) is 0 Å². The molecule has 6 heteroatoms. The lowest BCUT2D eigenvalue weighted by atomic mass is 10.1. The van der Waals surface area contributed by atoms with Crippen molar-refractivity contribution in [1.29, 1.82) is 0 Å². The fraction of sp³-hybridized carbons (Fsp3) is 0.391. The summed E-state index contributed by atoms with van der Waals surface area (Å²) in [6.07, 6.45) is 2.39. The zero-order valence-electron chi connectivity index (χ0n) is 16.5. The monoisotopic (exact) mass is 395 g/mol. The Hall–Kier alpha value is -2.57.